The van der Waals surface area contributed by atoms with Crippen LogP contribution in [0.3, 0.4) is 0 Å². The molecule has 0 heterocycles. The first-order valence-corrected chi connectivity index (χ1v) is 4.98. The van der Waals surface area contributed by atoms with Gasteiger partial charge in [0.25, 0.3) is 0 Å². The minimum absolute atomic E-state index is 0.0343. The molecule has 1 rings (SSSR count). The standard InChI is InChI=1S/C11H16N2O2/c1-2-13-11(15)8-12-7-9-5-3-4-6-10(9)14/h3-6,12,14H,2,7-8H2,1H3,(H,13,15). The van der Waals surface area contributed by atoms with Crippen LogP contribution in [0.2, 0.25) is 0 Å². The maximum Gasteiger partial charge on any atom is 0.233 e. The SMILES string of the molecule is CCNC(=O)CNCc1ccccc1O. The molecule has 0 fully saturated rings. The summed E-state index contributed by atoms with van der Waals surface area (Å²) >= 11 is 0. The number of carbonyl (C=O) groups is 1. The summed E-state index contributed by atoms with van der Waals surface area (Å²) < 4.78 is 0. The molecule has 1 amide bonds. The third kappa shape index (κ3) is 3.99. The smallest absolute Gasteiger partial charge is 0.233 e. The highest BCUT2D eigenvalue weighted by Gasteiger charge is 2.01. The van der Waals surface area contributed by atoms with Crippen molar-refractivity contribution in [3.05, 3.63) is 29.8 Å². The van der Waals surface area contributed by atoms with Crippen molar-refractivity contribution < 1.29 is 9.90 Å². The Kier molecular flexibility index (Phi) is 4.63. The Labute approximate surface area is 89.3 Å². The molecule has 0 aliphatic rings. The second-order valence-corrected chi connectivity index (χ2v) is 3.19. The third-order valence-electron chi connectivity index (χ3n) is 1.97. The van der Waals surface area contributed by atoms with E-state index in [2.05, 4.69) is 10.6 Å². The van der Waals surface area contributed by atoms with Gasteiger partial charge in [-0.05, 0) is 13.0 Å². The maximum atomic E-state index is 11.1. The van der Waals surface area contributed by atoms with Gasteiger partial charge < -0.3 is 15.7 Å². The first kappa shape index (κ1) is 11.5. The number of carbonyl (C=O) groups excluding carboxylic acids is 1. The predicted octanol–water partition coefficient (Wildman–Crippen LogP) is 0.618. The fraction of sp³-hybridized carbons (Fsp3) is 0.364. The predicted molar refractivity (Wildman–Crippen MR) is 58.5 cm³/mol. The van der Waals surface area contributed by atoms with Crippen LogP contribution >= 0.6 is 0 Å². The monoisotopic (exact) mass is 208 g/mol. The summed E-state index contributed by atoms with van der Waals surface area (Å²) in [6.45, 7) is 3.27. The molecule has 4 nitrogen and oxygen atoms in total. The number of aromatic hydroxyl groups is 1. The molecule has 0 aliphatic heterocycles. The molecule has 0 bridgehead atoms. The summed E-state index contributed by atoms with van der Waals surface area (Å²) in [5.74, 6) is 0.217. The van der Waals surface area contributed by atoms with Crippen molar-refractivity contribution in [2.75, 3.05) is 13.1 Å². The number of hydrogen-bond acceptors (Lipinski definition) is 3. The van der Waals surface area contributed by atoms with E-state index in [9.17, 15) is 9.90 Å². The Balaban J connectivity index is 2.32. The van der Waals surface area contributed by atoms with E-state index in [1.165, 1.54) is 0 Å². The van der Waals surface area contributed by atoms with Crippen molar-refractivity contribution in [3.63, 3.8) is 0 Å². The highest BCUT2D eigenvalue weighted by Crippen LogP contribution is 2.14. The zero-order chi connectivity index (χ0) is 11.1. The molecule has 0 aromatic heterocycles. The quantitative estimate of drug-likeness (QED) is 0.664. The zero-order valence-corrected chi connectivity index (χ0v) is 8.79. The van der Waals surface area contributed by atoms with E-state index in [1.807, 2.05) is 19.1 Å². The van der Waals surface area contributed by atoms with E-state index in [1.54, 1.807) is 12.1 Å². The summed E-state index contributed by atoms with van der Waals surface area (Å²) in [5.41, 5.74) is 0.793. The van der Waals surface area contributed by atoms with Crippen molar-refractivity contribution in [3.8, 4) is 5.75 Å². The van der Waals surface area contributed by atoms with Gasteiger partial charge in [0.1, 0.15) is 5.75 Å². The molecule has 3 N–H and O–H groups in total. The first-order chi connectivity index (χ1) is 7.24. The molecule has 0 aliphatic carbocycles. The van der Waals surface area contributed by atoms with E-state index in [-0.39, 0.29) is 18.2 Å². The van der Waals surface area contributed by atoms with E-state index in [4.69, 9.17) is 0 Å². The van der Waals surface area contributed by atoms with Gasteiger partial charge in [-0.3, -0.25) is 4.79 Å². The second kappa shape index (κ2) is 6.03. The molecule has 1 aromatic rings. The van der Waals surface area contributed by atoms with Crippen LogP contribution in [0.15, 0.2) is 24.3 Å². The summed E-state index contributed by atoms with van der Waals surface area (Å²) in [6, 6.07) is 7.06. The molecular weight excluding hydrogens is 192 g/mol. The molecule has 1 aromatic carbocycles. The van der Waals surface area contributed by atoms with Crippen LogP contribution < -0.4 is 10.6 Å². The number of para-hydroxylation sites is 1. The lowest BCUT2D eigenvalue weighted by Crippen LogP contribution is -2.33. The van der Waals surface area contributed by atoms with Crippen LogP contribution in [0, 0.1) is 0 Å². The van der Waals surface area contributed by atoms with Crippen LogP contribution in [-0.4, -0.2) is 24.1 Å². The number of likely N-dealkylation sites (N-methyl/N-ethyl adjacent to an activating group) is 1. The number of benzene rings is 1. The Morgan fingerprint density at radius 2 is 2.13 bits per heavy atom. The van der Waals surface area contributed by atoms with Crippen LogP contribution in [-0.2, 0) is 11.3 Å². The highest BCUT2D eigenvalue weighted by molar-refractivity contribution is 5.77. The molecule has 0 atom stereocenters. The van der Waals surface area contributed by atoms with Crippen LogP contribution in [0.1, 0.15) is 12.5 Å². The lowest BCUT2D eigenvalue weighted by atomic mass is 10.2. The Bertz CT molecular complexity index is 326. The fourth-order valence-corrected chi connectivity index (χ4v) is 1.23. The number of rotatable bonds is 5. The van der Waals surface area contributed by atoms with Crippen molar-refractivity contribution >= 4 is 5.91 Å². The van der Waals surface area contributed by atoms with Gasteiger partial charge in [0.2, 0.25) is 5.91 Å². The summed E-state index contributed by atoms with van der Waals surface area (Å²) in [5, 5.41) is 15.1. The number of nitrogens with one attached hydrogen (secondary N) is 2. The average molecular weight is 208 g/mol. The van der Waals surface area contributed by atoms with Gasteiger partial charge in [0.15, 0.2) is 0 Å². The van der Waals surface area contributed by atoms with Gasteiger partial charge in [-0.1, -0.05) is 18.2 Å². The minimum atomic E-state index is -0.0343. The number of amides is 1. The Morgan fingerprint density at radius 3 is 2.80 bits per heavy atom. The number of phenolic OH excluding ortho intramolecular Hbond substituents is 1. The van der Waals surface area contributed by atoms with Crippen molar-refractivity contribution in [1.82, 2.24) is 10.6 Å². The van der Waals surface area contributed by atoms with Gasteiger partial charge in [0, 0.05) is 18.7 Å². The summed E-state index contributed by atoms with van der Waals surface area (Å²) in [6.07, 6.45) is 0. The number of phenols is 1. The number of hydrogen-bond donors (Lipinski definition) is 3. The summed E-state index contributed by atoms with van der Waals surface area (Å²) in [4.78, 5) is 11.1. The van der Waals surface area contributed by atoms with Gasteiger partial charge in [-0.15, -0.1) is 0 Å². The highest BCUT2D eigenvalue weighted by atomic mass is 16.3. The van der Waals surface area contributed by atoms with Crippen molar-refractivity contribution in [1.29, 1.82) is 0 Å². The van der Waals surface area contributed by atoms with E-state index >= 15 is 0 Å². The maximum absolute atomic E-state index is 11.1. The first-order valence-electron chi connectivity index (χ1n) is 4.98. The van der Waals surface area contributed by atoms with Gasteiger partial charge in [0.05, 0.1) is 6.54 Å². The second-order valence-electron chi connectivity index (χ2n) is 3.19. The summed E-state index contributed by atoms with van der Waals surface area (Å²) in [7, 11) is 0. The third-order valence-corrected chi connectivity index (χ3v) is 1.97. The molecule has 0 unspecified atom stereocenters. The van der Waals surface area contributed by atoms with E-state index in [0.29, 0.717) is 13.1 Å². The largest absolute Gasteiger partial charge is 0.508 e. The van der Waals surface area contributed by atoms with Gasteiger partial charge in [-0.2, -0.15) is 0 Å². The average Bonchev–Trinajstić information content (AvgIpc) is 2.21. The lowest BCUT2D eigenvalue weighted by Gasteiger charge is -2.06. The molecule has 0 saturated carbocycles. The molecule has 0 spiro atoms. The normalized spacial score (nSPS) is 9.93. The van der Waals surface area contributed by atoms with Crippen LogP contribution in [0.5, 0.6) is 5.75 Å². The van der Waals surface area contributed by atoms with E-state index < -0.39 is 0 Å². The van der Waals surface area contributed by atoms with Crippen molar-refractivity contribution in [2.24, 2.45) is 0 Å². The van der Waals surface area contributed by atoms with Crippen LogP contribution in [0.25, 0.3) is 0 Å². The molecule has 0 radical (unpaired) electrons. The van der Waals surface area contributed by atoms with Gasteiger partial charge in [-0.25, -0.2) is 0 Å². The van der Waals surface area contributed by atoms with Crippen molar-refractivity contribution in [2.45, 2.75) is 13.5 Å². The zero-order valence-electron chi connectivity index (χ0n) is 8.79. The molecule has 4 heteroatoms. The molecule has 15 heavy (non-hydrogen) atoms. The Hall–Kier alpha value is -1.55. The topological polar surface area (TPSA) is 61.4 Å². The molecular formula is C11H16N2O2. The van der Waals surface area contributed by atoms with Gasteiger partial charge >= 0.3 is 0 Å². The Morgan fingerprint density at radius 1 is 1.40 bits per heavy atom. The minimum Gasteiger partial charge on any atom is -0.508 e. The molecule has 82 valence electrons. The van der Waals surface area contributed by atoms with Crippen LogP contribution in [0.4, 0.5) is 0 Å². The molecule has 0 saturated heterocycles. The fourth-order valence-electron chi connectivity index (χ4n) is 1.23. The van der Waals surface area contributed by atoms with E-state index in [0.717, 1.165) is 5.56 Å². The lowest BCUT2D eigenvalue weighted by molar-refractivity contribution is -0.120.